The van der Waals surface area contributed by atoms with E-state index in [2.05, 4.69) is 16.4 Å². The Bertz CT molecular complexity index is 1570. The summed E-state index contributed by atoms with van der Waals surface area (Å²) >= 11 is 1.58. The molecule has 6 nitrogen and oxygen atoms in total. The third-order valence-corrected chi connectivity index (χ3v) is 6.77. The molecule has 0 bridgehead atoms. The molecule has 2 N–H and O–H groups in total. The van der Waals surface area contributed by atoms with Crippen molar-refractivity contribution in [1.29, 1.82) is 0 Å². The van der Waals surface area contributed by atoms with E-state index >= 15 is 0 Å². The summed E-state index contributed by atoms with van der Waals surface area (Å²) in [5.41, 5.74) is 8.45. The van der Waals surface area contributed by atoms with Crippen LogP contribution in [0.25, 0.3) is 32.6 Å². The molecule has 2 aromatic heterocycles. The first-order chi connectivity index (χ1) is 17.5. The molecular weight excluding hydrogens is 477 g/mol. The number of hydrogen-bond donors (Lipinski definition) is 2. The van der Waals surface area contributed by atoms with Crippen LogP contribution in [0.1, 0.15) is 11.1 Å². The smallest absolute Gasteiger partial charge is 0.203 e. The van der Waals surface area contributed by atoms with Crippen molar-refractivity contribution < 1.29 is 19.0 Å². The van der Waals surface area contributed by atoms with Gasteiger partial charge in [-0.1, -0.05) is 6.07 Å². The average Bonchev–Trinajstić information content (AvgIpc) is 3.36. The number of aryl methyl sites for hydroxylation is 1. The SMILES string of the molecule is COc1cc(CNc2cnc(-c3ccc(F)c(C)c3)c(-c3ccc4ncsc4c3)c2)cc(O)c1OC. The van der Waals surface area contributed by atoms with Crippen molar-refractivity contribution in [2.75, 3.05) is 19.5 Å². The highest BCUT2D eigenvalue weighted by Gasteiger charge is 2.15. The lowest BCUT2D eigenvalue weighted by Gasteiger charge is -2.15. The van der Waals surface area contributed by atoms with Crippen LogP contribution in [0, 0.1) is 12.7 Å². The maximum Gasteiger partial charge on any atom is 0.203 e. The lowest BCUT2D eigenvalue weighted by molar-refractivity contribution is 0.332. The molecule has 5 aromatic rings. The second kappa shape index (κ2) is 9.83. The minimum absolute atomic E-state index is 0.00681. The highest BCUT2D eigenvalue weighted by atomic mass is 32.1. The van der Waals surface area contributed by atoms with Crippen LogP contribution >= 0.6 is 11.3 Å². The molecule has 2 heterocycles. The minimum Gasteiger partial charge on any atom is -0.504 e. The van der Waals surface area contributed by atoms with Crippen LogP contribution in [0.15, 0.2) is 66.3 Å². The molecule has 0 spiro atoms. The number of fused-ring (bicyclic) bond motifs is 1. The van der Waals surface area contributed by atoms with Crippen LogP contribution in [0.4, 0.5) is 10.1 Å². The van der Waals surface area contributed by atoms with Gasteiger partial charge in [-0.2, -0.15) is 0 Å². The number of aromatic nitrogens is 2. The normalized spacial score (nSPS) is 11.0. The fraction of sp³-hybridized carbons (Fsp3) is 0.143. The molecule has 0 aliphatic heterocycles. The number of aromatic hydroxyl groups is 1. The minimum atomic E-state index is -0.247. The van der Waals surface area contributed by atoms with E-state index in [0.717, 1.165) is 43.9 Å². The van der Waals surface area contributed by atoms with E-state index in [1.807, 2.05) is 35.8 Å². The second-order valence-electron chi connectivity index (χ2n) is 8.32. The predicted molar refractivity (Wildman–Crippen MR) is 142 cm³/mol. The van der Waals surface area contributed by atoms with Crippen LogP contribution < -0.4 is 14.8 Å². The zero-order valence-corrected chi connectivity index (χ0v) is 20.8. The summed E-state index contributed by atoms with van der Waals surface area (Å²) in [5, 5.41) is 13.7. The Morgan fingerprint density at radius 1 is 0.972 bits per heavy atom. The predicted octanol–water partition coefficient (Wildman–Crippen LogP) is 6.81. The molecule has 8 heteroatoms. The Kier molecular flexibility index (Phi) is 6.43. The van der Waals surface area contributed by atoms with Crippen molar-refractivity contribution in [1.82, 2.24) is 9.97 Å². The van der Waals surface area contributed by atoms with E-state index in [1.165, 1.54) is 20.3 Å². The van der Waals surface area contributed by atoms with Gasteiger partial charge in [0.2, 0.25) is 5.75 Å². The fourth-order valence-corrected chi connectivity index (χ4v) is 4.85. The van der Waals surface area contributed by atoms with Gasteiger partial charge in [0, 0.05) is 17.7 Å². The van der Waals surface area contributed by atoms with Gasteiger partial charge in [0.1, 0.15) is 5.82 Å². The largest absolute Gasteiger partial charge is 0.504 e. The lowest BCUT2D eigenvalue weighted by atomic mass is 9.97. The number of anilines is 1. The summed E-state index contributed by atoms with van der Waals surface area (Å²) in [6.07, 6.45) is 1.75. The first kappa shape index (κ1) is 23.6. The van der Waals surface area contributed by atoms with Gasteiger partial charge < -0.3 is 19.9 Å². The van der Waals surface area contributed by atoms with Gasteiger partial charge in [0.25, 0.3) is 0 Å². The van der Waals surface area contributed by atoms with E-state index in [9.17, 15) is 9.50 Å². The molecule has 0 radical (unpaired) electrons. The first-order valence-corrected chi connectivity index (χ1v) is 12.1. The number of pyridine rings is 1. The van der Waals surface area contributed by atoms with Crippen LogP contribution in [-0.2, 0) is 6.54 Å². The molecular formula is C28H24FN3O3S. The van der Waals surface area contributed by atoms with E-state index in [1.54, 1.807) is 36.6 Å². The molecule has 0 saturated heterocycles. The molecule has 0 amide bonds. The number of rotatable bonds is 7. The Labute approximate surface area is 212 Å². The van der Waals surface area contributed by atoms with Crippen molar-refractivity contribution in [2.45, 2.75) is 13.5 Å². The lowest BCUT2D eigenvalue weighted by Crippen LogP contribution is -2.02. The van der Waals surface area contributed by atoms with Gasteiger partial charge in [0.05, 0.1) is 47.5 Å². The molecule has 0 aliphatic rings. The highest BCUT2D eigenvalue weighted by Crippen LogP contribution is 2.38. The summed E-state index contributed by atoms with van der Waals surface area (Å²) < 4.78 is 25.6. The maximum atomic E-state index is 14.0. The Morgan fingerprint density at radius 3 is 2.58 bits per heavy atom. The molecule has 0 unspecified atom stereocenters. The van der Waals surface area contributed by atoms with Gasteiger partial charge in [-0.05, 0) is 72.1 Å². The molecule has 182 valence electrons. The van der Waals surface area contributed by atoms with E-state index in [0.29, 0.717) is 23.6 Å². The fourth-order valence-electron chi connectivity index (χ4n) is 4.13. The topological polar surface area (TPSA) is 76.5 Å². The zero-order chi connectivity index (χ0) is 25.2. The van der Waals surface area contributed by atoms with Crippen molar-refractivity contribution in [3.63, 3.8) is 0 Å². The summed E-state index contributed by atoms with van der Waals surface area (Å²) in [4.78, 5) is 9.14. The summed E-state index contributed by atoms with van der Waals surface area (Å²) in [7, 11) is 3.01. The van der Waals surface area contributed by atoms with Crippen LogP contribution in [-0.4, -0.2) is 29.3 Å². The number of hydrogen-bond acceptors (Lipinski definition) is 7. The number of ether oxygens (including phenoxy) is 2. The Morgan fingerprint density at radius 2 is 1.81 bits per heavy atom. The first-order valence-electron chi connectivity index (χ1n) is 11.2. The molecule has 5 rings (SSSR count). The zero-order valence-electron chi connectivity index (χ0n) is 20.0. The standard InChI is InChI=1S/C28H24FN3O3S/c1-16-8-19(4-6-22(16)29)27-21(18-5-7-23-26(11-18)36-15-32-23)12-20(14-31-27)30-13-17-9-24(33)28(35-3)25(10-17)34-2/h4-12,14-15,30,33H,13H2,1-3H3. The number of halogens is 1. The number of phenols is 1. The van der Waals surface area contributed by atoms with Crippen molar-refractivity contribution in [3.8, 4) is 39.6 Å². The number of nitrogens with one attached hydrogen (secondary N) is 1. The molecule has 36 heavy (non-hydrogen) atoms. The number of methoxy groups -OCH3 is 2. The number of thiazole rings is 1. The maximum absolute atomic E-state index is 14.0. The number of phenolic OH excluding ortho intramolecular Hbond substituents is 1. The number of nitrogens with zero attached hydrogens (tertiary/aromatic N) is 2. The average molecular weight is 502 g/mol. The highest BCUT2D eigenvalue weighted by molar-refractivity contribution is 7.16. The van der Waals surface area contributed by atoms with Crippen molar-refractivity contribution in [3.05, 3.63) is 83.2 Å². The molecule has 0 saturated carbocycles. The van der Waals surface area contributed by atoms with Crippen LogP contribution in [0.2, 0.25) is 0 Å². The second-order valence-corrected chi connectivity index (χ2v) is 9.21. The molecule has 0 fully saturated rings. The van der Waals surface area contributed by atoms with Crippen molar-refractivity contribution >= 4 is 27.2 Å². The van der Waals surface area contributed by atoms with E-state index in [-0.39, 0.29) is 11.6 Å². The monoisotopic (exact) mass is 501 g/mol. The summed E-state index contributed by atoms with van der Waals surface area (Å²) in [5.74, 6) is 0.505. The third-order valence-electron chi connectivity index (χ3n) is 5.98. The van der Waals surface area contributed by atoms with Gasteiger partial charge >= 0.3 is 0 Å². The Balaban J connectivity index is 1.53. The summed E-state index contributed by atoms with van der Waals surface area (Å²) in [6.45, 7) is 2.17. The van der Waals surface area contributed by atoms with Crippen LogP contribution in [0.5, 0.6) is 17.2 Å². The van der Waals surface area contributed by atoms with Gasteiger partial charge in [-0.25, -0.2) is 9.37 Å². The quantitative estimate of drug-likeness (QED) is 0.255. The van der Waals surface area contributed by atoms with Crippen LogP contribution in [0.3, 0.4) is 0 Å². The van der Waals surface area contributed by atoms with Crippen molar-refractivity contribution in [2.24, 2.45) is 0 Å². The van der Waals surface area contributed by atoms with Gasteiger partial charge in [-0.3, -0.25) is 4.98 Å². The Hall–Kier alpha value is -4.17. The van der Waals surface area contributed by atoms with Gasteiger partial charge in [-0.15, -0.1) is 11.3 Å². The third kappa shape index (κ3) is 4.55. The van der Waals surface area contributed by atoms with Gasteiger partial charge in [0.15, 0.2) is 11.5 Å². The molecule has 0 atom stereocenters. The summed E-state index contributed by atoms with van der Waals surface area (Å²) in [6, 6.07) is 16.6. The van der Waals surface area contributed by atoms with E-state index < -0.39 is 0 Å². The number of benzene rings is 3. The van der Waals surface area contributed by atoms with E-state index in [4.69, 9.17) is 14.5 Å². The molecule has 3 aromatic carbocycles. The molecule has 0 aliphatic carbocycles.